The number of ether oxygens (including phenoxy) is 1. The quantitative estimate of drug-likeness (QED) is 0.768. The molecule has 0 amide bonds. The molecule has 1 heterocycles. The fourth-order valence-electron chi connectivity index (χ4n) is 1.26. The minimum absolute atomic E-state index is 0.0735. The van der Waals surface area contributed by atoms with Crippen LogP contribution in [-0.2, 0) is 12.3 Å². The maximum atomic E-state index is 12.6. The van der Waals surface area contributed by atoms with Gasteiger partial charge in [0.25, 0.3) is 6.43 Å². The molecule has 16 heavy (non-hydrogen) atoms. The average molecular weight is 247 g/mol. The van der Waals surface area contributed by atoms with Crippen LogP contribution in [-0.4, -0.2) is 12.1 Å². The van der Waals surface area contributed by atoms with E-state index in [2.05, 4.69) is 4.98 Å². The summed E-state index contributed by atoms with van der Waals surface area (Å²) < 4.78 is 30.2. The van der Waals surface area contributed by atoms with Crippen molar-refractivity contribution in [3.63, 3.8) is 0 Å². The highest BCUT2D eigenvalue weighted by molar-refractivity contribution is 6.17. The molecule has 0 saturated heterocycles. The van der Waals surface area contributed by atoms with Gasteiger partial charge in [0.05, 0.1) is 25.3 Å². The standard InChI is InChI=1S/C10H9ClF2N2O/c1-16-8-4-6(5-11)9(10(12)13)15-7(8)2-3-14/h4,10H,2,5H2,1H3. The van der Waals surface area contributed by atoms with Crippen LogP contribution in [0.15, 0.2) is 6.07 Å². The van der Waals surface area contributed by atoms with Gasteiger partial charge in [-0.1, -0.05) is 0 Å². The number of halogens is 3. The molecule has 1 rings (SSSR count). The van der Waals surface area contributed by atoms with E-state index in [-0.39, 0.29) is 29.3 Å². The third-order valence-corrected chi connectivity index (χ3v) is 2.28. The highest BCUT2D eigenvalue weighted by Gasteiger charge is 2.18. The van der Waals surface area contributed by atoms with E-state index < -0.39 is 6.43 Å². The van der Waals surface area contributed by atoms with E-state index in [0.29, 0.717) is 5.75 Å². The maximum Gasteiger partial charge on any atom is 0.280 e. The van der Waals surface area contributed by atoms with Crippen molar-refractivity contribution >= 4 is 11.6 Å². The summed E-state index contributed by atoms with van der Waals surface area (Å²) in [5, 5.41) is 8.54. The first-order valence-corrected chi connectivity index (χ1v) is 4.95. The first-order chi connectivity index (χ1) is 7.63. The van der Waals surface area contributed by atoms with Gasteiger partial charge in [0.2, 0.25) is 0 Å². The zero-order chi connectivity index (χ0) is 12.1. The minimum Gasteiger partial charge on any atom is -0.495 e. The highest BCUT2D eigenvalue weighted by atomic mass is 35.5. The normalized spacial score (nSPS) is 10.2. The molecule has 1 aromatic heterocycles. The summed E-state index contributed by atoms with van der Waals surface area (Å²) >= 11 is 5.54. The molecule has 86 valence electrons. The van der Waals surface area contributed by atoms with Crippen LogP contribution in [0.4, 0.5) is 8.78 Å². The Morgan fingerprint density at radius 3 is 2.75 bits per heavy atom. The van der Waals surface area contributed by atoms with E-state index in [4.69, 9.17) is 21.6 Å². The van der Waals surface area contributed by atoms with Crippen molar-refractivity contribution in [3.05, 3.63) is 23.0 Å². The van der Waals surface area contributed by atoms with Crippen LogP contribution in [0.2, 0.25) is 0 Å². The van der Waals surface area contributed by atoms with Crippen molar-refractivity contribution in [2.45, 2.75) is 18.7 Å². The molecular weight excluding hydrogens is 238 g/mol. The molecule has 0 atom stereocenters. The Labute approximate surface area is 96.6 Å². The van der Waals surface area contributed by atoms with Gasteiger partial charge < -0.3 is 4.74 Å². The Morgan fingerprint density at radius 2 is 2.31 bits per heavy atom. The summed E-state index contributed by atoms with van der Waals surface area (Å²) in [5.41, 5.74) is 0.0328. The smallest absolute Gasteiger partial charge is 0.280 e. The summed E-state index contributed by atoms with van der Waals surface area (Å²) in [6, 6.07) is 3.24. The third-order valence-electron chi connectivity index (χ3n) is 1.99. The Morgan fingerprint density at radius 1 is 1.62 bits per heavy atom. The molecule has 0 fully saturated rings. The van der Waals surface area contributed by atoms with Gasteiger partial charge in [-0.3, -0.25) is 0 Å². The molecular formula is C10H9ClF2N2O. The van der Waals surface area contributed by atoms with Crippen LogP contribution in [0.5, 0.6) is 5.75 Å². The summed E-state index contributed by atoms with van der Waals surface area (Å²) in [4.78, 5) is 3.72. The molecule has 0 spiro atoms. The van der Waals surface area contributed by atoms with Crippen LogP contribution in [0, 0.1) is 11.3 Å². The molecule has 0 bridgehead atoms. The Bertz CT molecular complexity index is 418. The summed E-state index contributed by atoms with van der Waals surface area (Å²) in [5.74, 6) is 0.233. The molecule has 0 N–H and O–H groups in total. The zero-order valence-corrected chi connectivity index (χ0v) is 9.26. The van der Waals surface area contributed by atoms with E-state index >= 15 is 0 Å². The number of hydrogen-bond donors (Lipinski definition) is 0. The Hall–Kier alpha value is -1.41. The number of nitriles is 1. The average Bonchev–Trinajstić information content (AvgIpc) is 2.28. The van der Waals surface area contributed by atoms with E-state index in [0.717, 1.165) is 0 Å². The first-order valence-electron chi connectivity index (χ1n) is 4.41. The summed E-state index contributed by atoms with van der Waals surface area (Å²) in [7, 11) is 1.39. The molecule has 3 nitrogen and oxygen atoms in total. The second kappa shape index (κ2) is 5.61. The van der Waals surface area contributed by atoms with E-state index in [1.165, 1.54) is 13.2 Å². The van der Waals surface area contributed by atoms with Gasteiger partial charge in [0.15, 0.2) is 0 Å². The van der Waals surface area contributed by atoms with Gasteiger partial charge in [0.1, 0.15) is 11.4 Å². The molecule has 0 saturated carbocycles. The van der Waals surface area contributed by atoms with E-state index in [1.807, 2.05) is 6.07 Å². The molecule has 0 aliphatic heterocycles. The third kappa shape index (κ3) is 2.58. The molecule has 6 heteroatoms. The molecule has 1 aromatic rings. The lowest BCUT2D eigenvalue weighted by atomic mass is 10.1. The lowest BCUT2D eigenvalue weighted by Crippen LogP contribution is -2.03. The van der Waals surface area contributed by atoms with Crippen molar-refractivity contribution in [1.82, 2.24) is 4.98 Å². The van der Waals surface area contributed by atoms with Gasteiger partial charge in [-0.2, -0.15) is 5.26 Å². The van der Waals surface area contributed by atoms with Crippen LogP contribution >= 0.6 is 11.6 Å². The van der Waals surface area contributed by atoms with Crippen molar-refractivity contribution in [2.75, 3.05) is 7.11 Å². The number of hydrogen-bond acceptors (Lipinski definition) is 3. The fourth-order valence-corrected chi connectivity index (χ4v) is 1.48. The van der Waals surface area contributed by atoms with Crippen LogP contribution in [0.1, 0.15) is 23.4 Å². The van der Waals surface area contributed by atoms with Gasteiger partial charge in [-0.05, 0) is 11.6 Å². The number of methoxy groups -OCH3 is 1. The van der Waals surface area contributed by atoms with Crippen LogP contribution < -0.4 is 4.74 Å². The Kier molecular flexibility index (Phi) is 4.44. The lowest BCUT2D eigenvalue weighted by Gasteiger charge is -2.11. The molecule has 0 radical (unpaired) electrons. The van der Waals surface area contributed by atoms with E-state index in [9.17, 15) is 8.78 Å². The fraction of sp³-hybridized carbons (Fsp3) is 0.400. The molecule has 0 aliphatic carbocycles. The monoisotopic (exact) mass is 246 g/mol. The zero-order valence-electron chi connectivity index (χ0n) is 8.51. The van der Waals surface area contributed by atoms with E-state index in [1.54, 1.807) is 0 Å². The topological polar surface area (TPSA) is 45.9 Å². The lowest BCUT2D eigenvalue weighted by molar-refractivity contribution is 0.144. The van der Waals surface area contributed by atoms with Crippen molar-refractivity contribution in [3.8, 4) is 11.8 Å². The molecule has 0 aliphatic rings. The predicted octanol–water partition coefficient (Wildman–Crippen LogP) is 2.83. The van der Waals surface area contributed by atoms with Gasteiger partial charge in [-0.25, -0.2) is 13.8 Å². The number of nitrogens with zero attached hydrogens (tertiary/aromatic N) is 2. The predicted molar refractivity (Wildman–Crippen MR) is 54.6 cm³/mol. The molecule has 0 unspecified atom stereocenters. The number of alkyl halides is 3. The largest absolute Gasteiger partial charge is 0.495 e. The van der Waals surface area contributed by atoms with Crippen molar-refractivity contribution in [1.29, 1.82) is 5.26 Å². The second-order valence-corrected chi connectivity index (χ2v) is 3.22. The van der Waals surface area contributed by atoms with Crippen LogP contribution in [0.25, 0.3) is 0 Å². The SMILES string of the molecule is COc1cc(CCl)c(C(F)F)nc1CC#N. The van der Waals surface area contributed by atoms with Crippen LogP contribution in [0.3, 0.4) is 0 Å². The summed E-state index contributed by atoms with van der Waals surface area (Å²) in [6.45, 7) is 0. The minimum atomic E-state index is -2.71. The van der Waals surface area contributed by atoms with Gasteiger partial charge in [0, 0.05) is 5.88 Å². The maximum absolute atomic E-state index is 12.6. The van der Waals surface area contributed by atoms with Gasteiger partial charge >= 0.3 is 0 Å². The number of aromatic nitrogens is 1. The van der Waals surface area contributed by atoms with Crippen molar-refractivity contribution in [2.24, 2.45) is 0 Å². The Balaban J connectivity index is 3.30. The first kappa shape index (κ1) is 12.7. The van der Waals surface area contributed by atoms with Crippen molar-refractivity contribution < 1.29 is 13.5 Å². The number of rotatable bonds is 4. The summed E-state index contributed by atoms with van der Waals surface area (Å²) in [6.07, 6.45) is -2.79. The molecule has 0 aromatic carbocycles. The number of pyridine rings is 1. The highest BCUT2D eigenvalue weighted by Crippen LogP contribution is 2.28. The second-order valence-electron chi connectivity index (χ2n) is 2.95. The van der Waals surface area contributed by atoms with Gasteiger partial charge in [-0.15, -0.1) is 11.6 Å².